The number of hydrogen-bond donors (Lipinski definition) is 2. The van der Waals surface area contributed by atoms with Crippen LogP contribution in [0.2, 0.25) is 0 Å². The molecule has 2 aromatic rings. The van der Waals surface area contributed by atoms with Gasteiger partial charge in [0.15, 0.2) is 0 Å². The molecule has 0 atom stereocenters. The van der Waals surface area contributed by atoms with Crippen LogP contribution in [0.15, 0.2) is 30.5 Å². The van der Waals surface area contributed by atoms with E-state index in [2.05, 4.69) is 4.98 Å². The van der Waals surface area contributed by atoms with E-state index >= 15 is 0 Å². The van der Waals surface area contributed by atoms with Gasteiger partial charge in [-0.05, 0) is 17.7 Å². The summed E-state index contributed by atoms with van der Waals surface area (Å²) in [7, 11) is 1.64. The number of hydroxylamine groups is 2. The summed E-state index contributed by atoms with van der Waals surface area (Å²) in [5.74, 6) is 0. The Morgan fingerprint density at radius 3 is 3.00 bits per heavy atom. The van der Waals surface area contributed by atoms with E-state index in [-0.39, 0.29) is 0 Å². The Morgan fingerprint density at radius 2 is 2.23 bits per heavy atom. The lowest BCUT2D eigenvalue weighted by Gasteiger charge is -2.08. The fourth-order valence-electron chi connectivity index (χ4n) is 1.53. The second kappa shape index (κ2) is 3.20. The van der Waals surface area contributed by atoms with Crippen molar-refractivity contribution < 1.29 is 5.21 Å². The first-order chi connectivity index (χ1) is 6.27. The van der Waals surface area contributed by atoms with Crippen molar-refractivity contribution in [3.8, 4) is 0 Å². The van der Waals surface area contributed by atoms with Crippen LogP contribution in [-0.2, 0) is 6.54 Å². The van der Waals surface area contributed by atoms with Crippen molar-refractivity contribution in [2.24, 2.45) is 0 Å². The van der Waals surface area contributed by atoms with Crippen LogP contribution in [-0.4, -0.2) is 22.3 Å². The molecule has 0 amide bonds. The molecule has 2 rings (SSSR count). The van der Waals surface area contributed by atoms with Crippen LogP contribution in [0.25, 0.3) is 10.9 Å². The molecule has 2 N–H and O–H groups in total. The molecule has 0 bridgehead atoms. The van der Waals surface area contributed by atoms with Crippen LogP contribution in [0, 0.1) is 0 Å². The normalized spacial score (nSPS) is 11.3. The van der Waals surface area contributed by atoms with E-state index in [9.17, 15) is 0 Å². The van der Waals surface area contributed by atoms with E-state index in [0.29, 0.717) is 6.54 Å². The predicted octanol–water partition coefficient (Wildman–Crippen LogP) is 1.99. The molecule has 13 heavy (non-hydrogen) atoms. The number of nitrogens with one attached hydrogen (secondary N) is 1. The van der Waals surface area contributed by atoms with Gasteiger partial charge in [0, 0.05) is 30.7 Å². The Hall–Kier alpha value is -1.32. The van der Waals surface area contributed by atoms with Crippen molar-refractivity contribution >= 4 is 10.9 Å². The molecule has 1 aromatic carbocycles. The summed E-state index contributed by atoms with van der Waals surface area (Å²) in [6.45, 7) is 0.551. The molecule has 0 aliphatic rings. The minimum Gasteiger partial charge on any atom is -0.361 e. The standard InChI is InChI=1S/C10H12N2O/c1-12(13)7-8-3-2-4-10-9(8)5-6-11-10/h2-6,11,13H,7H2,1H3. The van der Waals surface area contributed by atoms with Crippen LogP contribution in [0.4, 0.5) is 0 Å². The Balaban J connectivity index is 2.48. The summed E-state index contributed by atoms with van der Waals surface area (Å²) in [6, 6.07) is 8.05. The fourth-order valence-corrected chi connectivity index (χ4v) is 1.53. The summed E-state index contributed by atoms with van der Waals surface area (Å²) in [6.07, 6.45) is 1.91. The van der Waals surface area contributed by atoms with Gasteiger partial charge in [0.05, 0.1) is 0 Å². The average Bonchev–Trinajstić information content (AvgIpc) is 2.51. The molecule has 3 nitrogen and oxygen atoms in total. The van der Waals surface area contributed by atoms with Gasteiger partial charge in [0.2, 0.25) is 0 Å². The molecular weight excluding hydrogens is 164 g/mol. The van der Waals surface area contributed by atoms with Crippen molar-refractivity contribution in [1.82, 2.24) is 10.0 Å². The zero-order chi connectivity index (χ0) is 9.26. The van der Waals surface area contributed by atoms with Gasteiger partial charge in [-0.2, -0.15) is 5.06 Å². The van der Waals surface area contributed by atoms with Gasteiger partial charge in [0.25, 0.3) is 0 Å². The minimum absolute atomic E-state index is 0.551. The maximum Gasteiger partial charge on any atom is 0.0492 e. The summed E-state index contributed by atoms with van der Waals surface area (Å²) in [5.41, 5.74) is 2.24. The largest absolute Gasteiger partial charge is 0.361 e. The number of aromatic amines is 1. The Labute approximate surface area is 76.6 Å². The van der Waals surface area contributed by atoms with Crippen LogP contribution in [0.1, 0.15) is 5.56 Å². The average molecular weight is 176 g/mol. The van der Waals surface area contributed by atoms with E-state index in [1.807, 2.05) is 30.5 Å². The highest BCUT2D eigenvalue weighted by molar-refractivity contribution is 5.82. The molecule has 0 fully saturated rings. The third-order valence-corrected chi connectivity index (χ3v) is 2.08. The third-order valence-electron chi connectivity index (χ3n) is 2.08. The van der Waals surface area contributed by atoms with Gasteiger partial charge in [-0.25, -0.2) is 0 Å². The molecule has 0 radical (unpaired) electrons. The SMILES string of the molecule is CN(O)Cc1cccc2[nH]ccc12. The first kappa shape index (κ1) is 8.29. The van der Waals surface area contributed by atoms with E-state index in [1.165, 1.54) is 10.4 Å². The summed E-state index contributed by atoms with van der Waals surface area (Å²) < 4.78 is 0. The maximum atomic E-state index is 9.13. The predicted molar refractivity (Wildman–Crippen MR) is 51.6 cm³/mol. The fraction of sp³-hybridized carbons (Fsp3) is 0.200. The lowest BCUT2D eigenvalue weighted by molar-refractivity contribution is -0.0728. The van der Waals surface area contributed by atoms with Crippen molar-refractivity contribution in [2.75, 3.05) is 7.05 Å². The highest BCUT2D eigenvalue weighted by atomic mass is 16.5. The molecule has 1 aromatic heterocycles. The molecule has 1 heterocycles. The maximum absolute atomic E-state index is 9.13. The van der Waals surface area contributed by atoms with Crippen LogP contribution in [0.3, 0.4) is 0 Å². The number of nitrogens with zero attached hydrogens (tertiary/aromatic N) is 1. The summed E-state index contributed by atoms with van der Waals surface area (Å²) in [5, 5.41) is 11.5. The first-order valence-electron chi connectivity index (χ1n) is 4.22. The lowest BCUT2D eigenvalue weighted by atomic mass is 10.1. The van der Waals surface area contributed by atoms with Gasteiger partial charge in [0.1, 0.15) is 0 Å². The topological polar surface area (TPSA) is 39.3 Å². The smallest absolute Gasteiger partial charge is 0.0492 e. The lowest BCUT2D eigenvalue weighted by Crippen LogP contribution is -2.11. The molecule has 0 unspecified atom stereocenters. The first-order valence-corrected chi connectivity index (χ1v) is 4.22. The van der Waals surface area contributed by atoms with Gasteiger partial charge in [-0.15, -0.1) is 0 Å². The van der Waals surface area contributed by atoms with Gasteiger partial charge < -0.3 is 10.2 Å². The second-order valence-electron chi connectivity index (χ2n) is 3.17. The quantitative estimate of drug-likeness (QED) is 0.687. The monoisotopic (exact) mass is 176 g/mol. The zero-order valence-corrected chi connectivity index (χ0v) is 7.49. The summed E-state index contributed by atoms with van der Waals surface area (Å²) in [4.78, 5) is 3.13. The Morgan fingerprint density at radius 1 is 1.38 bits per heavy atom. The van der Waals surface area contributed by atoms with Gasteiger partial charge >= 0.3 is 0 Å². The molecule has 0 aliphatic carbocycles. The Kier molecular flexibility index (Phi) is 2.04. The Bertz CT molecular complexity index is 406. The molecular formula is C10H12N2O. The van der Waals surface area contributed by atoms with E-state index < -0.39 is 0 Å². The number of hydrogen-bond acceptors (Lipinski definition) is 2. The van der Waals surface area contributed by atoms with Crippen molar-refractivity contribution in [3.05, 3.63) is 36.0 Å². The molecule has 0 saturated carbocycles. The van der Waals surface area contributed by atoms with E-state index in [0.717, 1.165) is 11.1 Å². The highest BCUT2D eigenvalue weighted by Gasteiger charge is 2.02. The van der Waals surface area contributed by atoms with Crippen molar-refractivity contribution in [3.63, 3.8) is 0 Å². The molecule has 3 heteroatoms. The molecule has 0 aliphatic heterocycles. The third kappa shape index (κ3) is 1.56. The highest BCUT2D eigenvalue weighted by Crippen LogP contribution is 2.17. The van der Waals surface area contributed by atoms with Crippen molar-refractivity contribution in [2.45, 2.75) is 6.54 Å². The minimum atomic E-state index is 0.551. The van der Waals surface area contributed by atoms with Gasteiger partial charge in [-0.1, -0.05) is 12.1 Å². The van der Waals surface area contributed by atoms with Crippen LogP contribution in [0.5, 0.6) is 0 Å². The van der Waals surface area contributed by atoms with Crippen LogP contribution >= 0.6 is 0 Å². The molecule has 0 spiro atoms. The van der Waals surface area contributed by atoms with E-state index in [4.69, 9.17) is 5.21 Å². The molecule has 0 saturated heterocycles. The zero-order valence-electron chi connectivity index (χ0n) is 7.49. The van der Waals surface area contributed by atoms with Crippen molar-refractivity contribution in [1.29, 1.82) is 0 Å². The number of rotatable bonds is 2. The van der Waals surface area contributed by atoms with E-state index in [1.54, 1.807) is 7.05 Å². The number of fused-ring (bicyclic) bond motifs is 1. The molecule has 68 valence electrons. The summed E-state index contributed by atoms with van der Waals surface area (Å²) >= 11 is 0. The number of aromatic nitrogens is 1. The number of benzene rings is 1. The van der Waals surface area contributed by atoms with Crippen LogP contribution < -0.4 is 0 Å². The van der Waals surface area contributed by atoms with Gasteiger partial charge in [-0.3, -0.25) is 0 Å². The second-order valence-corrected chi connectivity index (χ2v) is 3.17. The number of H-pyrrole nitrogens is 1.